The molecular weight excluding hydrogens is 214 g/mol. The van der Waals surface area contributed by atoms with Crippen LogP contribution < -0.4 is 5.32 Å². The van der Waals surface area contributed by atoms with Gasteiger partial charge in [-0.2, -0.15) is 0 Å². The lowest BCUT2D eigenvalue weighted by atomic mass is 10.2. The quantitative estimate of drug-likeness (QED) is 0.811. The number of hydrogen-bond acceptors (Lipinski definition) is 3. The lowest BCUT2D eigenvalue weighted by Crippen LogP contribution is -2.34. The molecule has 0 aliphatic carbocycles. The third-order valence-corrected chi connectivity index (χ3v) is 2.63. The van der Waals surface area contributed by atoms with Crippen molar-refractivity contribution in [2.75, 3.05) is 13.6 Å². The van der Waals surface area contributed by atoms with Crippen molar-refractivity contribution in [1.29, 1.82) is 0 Å². The Bertz CT molecular complexity index is 340. The summed E-state index contributed by atoms with van der Waals surface area (Å²) in [6.45, 7) is 5.60. The third kappa shape index (κ3) is 4.95. The fourth-order valence-electron chi connectivity index (χ4n) is 1.69. The second-order valence-corrected chi connectivity index (χ2v) is 4.27. The lowest BCUT2D eigenvalue weighted by molar-refractivity contribution is -0.130. The number of nitrogens with zero attached hydrogens (tertiary/aromatic N) is 2. The zero-order valence-corrected chi connectivity index (χ0v) is 10.8. The van der Waals surface area contributed by atoms with E-state index in [9.17, 15) is 4.79 Å². The zero-order valence-electron chi connectivity index (χ0n) is 10.8. The minimum absolute atomic E-state index is 0.162. The molecule has 1 unspecified atom stereocenters. The Morgan fingerprint density at radius 1 is 1.47 bits per heavy atom. The van der Waals surface area contributed by atoms with Gasteiger partial charge in [-0.25, -0.2) is 0 Å². The second-order valence-electron chi connectivity index (χ2n) is 4.27. The molecule has 0 aliphatic heterocycles. The monoisotopic (exact) mass is 235 g/mol. The zero-order chi connectivity index (χ0) is 12.7. The van der Waals surface area contributed by atoms with E-state index in [0.717, 1.165) is 12.1 Å². The summed E-state index contributed by atoms with van der Waals surface area (Å²) in [6, 6.07) is 4.09. The molecule has 1 heterocycles. The summed E-state index contributed by atoms with van der Waals surface area (Å²) in [4.78, 5) is 17.6. The molecule has 0 saturated heterocycles. The molecule has 17 heavy (non-hydrogen) atoms. The van der Waals surface area contributed by atoms with Gasteiger partial charge in [0.2, 0.25) is 5.91 Å². The summed E-state index contributed by atoms with van der Waals surface area (Å²) >= 11 is 0. The highest BCUT2D eigenvalue weighted by molar-refractivity contribution is 5.76. The summed E-state index contributed by atoms with van der Waals surface area (Å²) in [7, 11) is 1.83. The summed E-state index contributed by atoms with van der Waals surface area (Å²) in [5.41, 5.74) is 1.10. The largest absolute Gasteiger partial charge is 0.341 e. The molecule has 1 aromatic heterocycles. The molecule has 0 spiro atoms. The average molecular weight is 235 g/mol. The Morgan fingerprint density at radius 2 is 2.12 bits per heavy atom. The maximum Gasteiger partial charge on any atom is 0.224 e. The average Bonchev–Trinajstić information content (AvgIpc) is 2.30. The highest BCUT2D eigenvalue weighted by atomic mass is 16.2. The van der Waals surface area contributed by atoms with E-state index in [0.29, 0.717) is 13.0 Å². The summed E-state index contributed by atoms with van der Waals surface area (Å²) in [6.07, 6.45) is 4.03. The van der Waals surface area contributed by atoms with Crippen molar-refractivity contribution in [3.05, 3.63) is 30.1 Å². The van der Waals surface area contributed by atoms with Gasteiger partial charge in [-0.15, -0.1) is 0 Å². The Morgan fingerprint density at radius 3 is 2.71 bits per heavy atom. The molecule has 4 heteroatoms. The van der Waals surface area contributed by atoms with Crippen LogP contribution in [0, 0.1) is 0 Å². The molecule has 0 radical (unpaired) electrons. The predicted octanol–water partition coefficient (Wildman–Crippen LogP) is 1.43. The van der Waals surface area contributed by atoms with Crippen LogP contribution in [0.1, 0.15) is 25.8 Å². The maximum atomic E-state index is 11.9. The first-order valence-corrected chi connectivity index (χ1v) is 5.99. The standard InChI is InChI=1S/C13H21N3O/c1-4-15-11(2)9-13(17)16(3)10-12-5-7-14-8-6-12/h5-8,11,15H,4,9-10H2,1-3H3. The predicted molar refractivity (Wildman–Crippen MR) is 68.5 cm³/mol. The van der Waals surface area contributed by atoms with E-state index in [1.807, 2.05) is 33.0 Å². The Kier molecular flexibility index (Phi) is 5.63. The topological polar surface area (TPSA) is 45.2 Å². The van der Waals surface area contributed by atoms with Gasteiger partial charge in [0.05, 0.1) is 0 Å². The van der Waals surface area contributed by atoms with Crippen LogP contribution in [0.15, 0.2) is 24.5 Å². The fraction of sp³-hybridized carbons (Fsp3) is 0.538. The molecule has 0 aromatic carbocycles. The first-order valence-electron chi connectivity index (χ1n) is 5.99. The number of carbonyl (C=O) groups is 1. The molecule has 1 rings (SSSR count). The van der Waals surface area contributed by atoms with Crippen molar-refractivity contribution < 1.29 is 4.79 Å². The number of carbonyl (C=O) groups excluding carboxylic acids is 1. The van der Waals surface area contributed by atoms with Gasteiger partial charge in [0.25, 0.3) is 0 Å². The first kappa shape index (κ1) is 13.6. The number of nitrogens with one attached hydrogen (secondary N) is 1. The Hall–Kier alpha value is -1.42. The Balaban J connectivity index is 2.42. The van der Waals surface area contributed by atoms with Gasteiger partial charge in [0, 0.05) is 38.4 Å². The van der Waals surface area contributed by atoms with Crippen LogP contribution in [-0.4, -0.2) is 35.4 Å². The summed E-state index contributed by atoms with van der Waals surface area (Å²) < 4.78 is 0. The van der Waals surface area contributed by atoms with E-state index in [2.05, 4.69) is 10.3 Å². The molecule has 0 bridgehead atoms. The van der Waals surface area contributed by atoms with E-state index in [-0.39, 0.29) is 11.9 Å². The van der Waals surface area contributed by atoms with Crippen LogP contribution >= 0.6 is 0 Å². The van der Waals surface area contributed by atoms with Gasteiger partial charge in [-0.3, -0.25) is 9.78 Å². The molecule has 4 nitrogen and oxygen atoms in total. The molecule has 1 atom stereocenters. The van der Waals surface area contributed by atoms with Crippen LogP contribution in [0.25, 0.3) is 0 Å². The van der Waals surface area contributed by atoms with Crippen LogP contribution in [0.4, 0.5) is 0 Å². The number of rotatable bonds is 6. The number of aromatic nitrogens is 1. The third-order valence-electron chi connectivity index (χ3n) is 2.63. The molecule has 0 fully saturated rings. The highest BCUT2D eigenvalue weighted by Gasteiger charge is 2.12. The van der Waals surface area contributed by atoms with E-state index < -0.39 is 0 Å². The molecule has 1 aromatic rings. The molecule has 0 saturated carbocycles. The smallest absolute Gasteiger partial charge is 0.224 e. The minimum atomic E-state index is 0.162. The fourth-order valence-corrected chi connectivity index (χ4v) is 1.69. The van der Waals surface area contributed by atoms with Crippen molar-refractivity contribution in [1.82, 2.24) is 15.2 Å². The van der Waals surface area contributed by atoms with Crippen LogP contribution in [-0.2, 0) is 11.3 Å². The highest BCUT2D eigenvalue weighted by Crippen LogP contribution is 2.04. The number of hydrogen-bond donors (Lipinski definition) is 1. The number of amides is 1. The lowest BCUT2D eigenvalue weighted by Gasteiger charge is -2.20. The van der Waals surface area contributed by atoms with Gasteiger partial charge in [0.1, 0.15) is 0 Å². The molecule has 94 valence electrons. The van der Waals surface area contributed by atoms with Crippen molar-refractivity contribution in [2.45, 2.75) is 32.9 Å². The molecule has 1 N–H and O–H groups in total. The van der Waals surface area contributed by atoms with E-state index in [1.165, 1.54) is 0 Å². The van der Waals surface area contributed by atoms with Gasteiger partial charge < -0.3 is 10.2 Å². The molecular formula is C13H21N3O. The van der Waals surface area contributed by atoms with Gasteiger partial charge in [-0.1, -0.05) is 6.92 Å². The second kappa shape index (κ2) is 7.01. The SMILES string of the molecule is CCNC(C)CC(=O)N(C)Cc1ccncc1. The van der Waals surface area contributed by atoms with Gasteiger partial charge >= 0.3 is 0 Å². The van der Waals surface area contributed by atoms with Crippen molar-refractivity contribution in [3.8, 4) is 0 Å². The van der Waals surface area contributed by atoms with Crippen LogP contribution in [0.2, 0.25) is 0 Å². The van der Waals surface area contributed by atoms with Crippen molar-refractivity contribution >= 4 is 5.91 Å². The summed E-state index contributed by atoms with van der Waals surface area (Å²) in [5, 5.41) is 3.24. The Labute approximate surface area is 103 Å². The minimum Gasteiger partial charge on any atom is -0.341 e. The van der Waals surface area contributed by atoms with E-state index >= 15 is 0 Å². The van der Waals surface area contributed by atoms with Crippen LogP contribution in [0.3, 0.4) is 0 Å². The van der Waals surface area contributed by atoms with E-state index in [4.69, 9.17) is 0 Å². The summed E-state index contributed by atoms with van der Waals surface area (Å²) in [5.74, 6) is 0.162. The van der Waals surface area contributed by atoms with Crippen LogP contribution in [0.5, 0.6) is 0 Å². The van der Waals surface area contributed by atoms with Crippen molar-refractivity contribution in [3.63, 3.8) is 0 Å². The van der Waals surface area contributed by atoms with Crippen molar-refractivity contribution in [2.24, 2.45) is 0 Å². The van der Waals surface area contributed by atoms with E-state index in [1.54, 1.807) is 17.3 Å². The molecule has 0 aliphatic rings. The molecule has 1 amide bonds. The normalized spacial score (nSPS) is 12.2. The maximum absolute atomic E-state index is 11.9. The van der Waals surface area contributed by atoms with Gasteiger partial charge in [-0.05, 0) is 31.2 Å². The first-order chi connectivity index (χ1) is 8.13. The number of pyridine rings is 1. The van der Waals surface area contributed by atoms with Gasteiger partial charge in [0.15, 0.2) is 0 Å².